The van der Waals surface area contributed by atoms with E-state index in [1.54, 1.807) is 36.7 Å². The molecule has 0 aliphatic carbocycles. The number of hydrogen-bond donors (Lipinski definition) is 1. The Kier molecular flexibility index (Phi) is 11.2. The Morgan fingerprint density at radius 2 is 1.71 bits per heavy atom. The zero-order valence-corrected chi connectivity index (χ0v) is 22.7. The maximum Gasteiger partial charge on any atom is 1.00 e. The van der Waals surface area contributed by atoms with E-state index in [9.17, 15) is 18.3 Å². The first-order chi connectivity index (χ1) is 15.7. The van der Waals surface area contributed by atoms with Crippen LogP contribution in [0.15, 0.2) is 78.0 Å². The molecule has 2 aromatic carbocycles. The molecule has 0 saturated carbocycles. The van der Waals surface area contributed by atoms with E-state index in [-0.39, 0.29) is 46.1 Å². The van der Waals surface area contributed by atoms with Gasteiger partial charge in [-0.05, 0) is 60.4 Å². The third-order valence-corrected chi connectivity index (χ3v) is 6.94. The molecule has 174 valence electrons. The molecule has 0 fully saturated rings. The van der Waals surface area contributed by atoms with E-state index >= 15 is 0 Å². The van der Waals surface area contributed by atoms with Crippen molar-refractivity contribution in [2.45, 2.75) is 37.4 Å². The number of nitrogens with one attached hydrogen (secondary N) is 1. The second-order valence-electron chi connectivity index (χ2n) is 7.82. The van der Waals surface area contributed by atoms with Crippen LogP contribution in [-0.4, -0.2) is 36.9 Å². The average Bonchev–Trinajstić information content (AvgIpc) is 2.78. The van der Waals surface area contributed by atoms with E-state index in [1.165, 1.54) is 24.3 Å². The van der Waals surface area contributed by atoms with Crippen LogP contribution in [0.3, 0.4) is 0 Å². The number of halogens is 1. The zero-order valence-electron chi connectivity index (χ0n) is 19.1. The number of carboxylic acid groups (broad SMARTS) is 1. The van der Waals surface area contributed by atoms with Crippen LogP contribution in [0, 0.1) is 0 Å². The third-order valence-electron chi connectivity index (χ3n) is 5.08. The van der Waals surface area contributed by atoms with Gasteiger partial charge in [0.15, 0.2) is 0 Å². The summed E-state index contributed by atoms with van der Waals surface area (Å²) in [6, 6.07) is 16.1. The Hall–Kier alpha value is -1.78. The van der Waals surface area contributed by atoms with Crippen molar-refractivity contribution in [3.63, 3.8) is 0 Å². The topological polar surface area (TPSA) is 102 Å². The van der Waals surface area contributed by atoms with Gasteiger partial charge in [-0.2, -0.15) is 0 Å². The van der Waals surface area contributed by atoms with E-state index in [1.807, 2.05) is 19.1 Å². The average molecular weight is 510 g/mol. The molecule has 0 radical (unpaired) electrons. The van der Waals surface area contributed by atoms with Gasteiger partial charge in [0, 0.05) is 43.1 Å². The molecule has 3 aromatic rings. The van der Waals surface area contributed by atoms with Crippen molar-refractivity contribution in [3.8, 4) is 0 Å². The van der Waals surface area contributed by atoms with Gasteiger partial charge in [-0.1, -0.05) is 41.9 Å². The first-order valence-electron chi connectivity index (χ1n) is 10.4. The molecule has 1 heterocycles. The molecule has 1 atom stereocenters. The Labute approximate surface area is 227 Å². The van der Waals surface area contributed by atoms with Crippen LogP contribution in [0.4, 0.5) is 0 Å². The van der Waals surface area contributed by atoms with Gasteiger partial charge in [0.1, 0.15) is 0 Å². The van der Waals surface area contributed by atoms with Crippen LogP contribution in [-0.2, 0) is 23.1 Å². The van der Waals surface area contributed by atoms with Gasteiger partial charge in [-0.15, -0.1) is 0 Å². The molecule has 0 aliphatic heterocycles. The number of rotatable bonds is 11. The SMILES string of the molecule is CC(CCN(Cc1ccc(C(=O)[O-])cc1)Cc1cccnc1)NS(=O)(=O)c1ccc(Cl)cc1.[Na+]. The van der Waals surface area contributed by atoms with Crippen molar-refractivity contribution in [2.24, 2.45) is 0 Å². The van der Waals surface area contributed by atoms with Crippen LogP contribution in [0.5, 0.6) is 0 Å². The van der Waals surface area contributed by atoms with Gasteiger partial charge in [-0.3, -0.25) is 9.88 Å². The van der Waals surface area contributed by atoms with Crippen LogP contribution in [0.2, 0.25) is 5.02 Å². The summed E-state index contributed by atoms with van der Waals surface area (Å²) in [5.41, 5.74) is 2.10. The van der Waals surface area contributed by atoms with Gasteiger partial charge in [0.05, 0.1) is 10.9 Å². The summed E-state index contributed by atoms with van der Waals surface area (Å²) >= 11 is 5.85. The number of pyridine rings is 1. The molecule has 10 heteroatoms. The Morgan fingerprint density at radius 3 is 2.29 bits per heavy atom. The van der Waals surface area contributed by atoms with E-state index in [4.69, 9.17) is 11.6 Å². The van der Waals surface area contributed by atoms with E-state index < -0.39 is 16.0 Å². The van der Waals surface area contributed by atoms with Crippen LogP contribution >= 0.6 is 11.6 Å². The molecule has 1 unspecified atom stereocenters. The van der Waals surface area contributed by atoms with Crippen molar-refractivity contribution >= 4 is 27.6 Å². The summed E-state index contributed by atoms with van der Waals surface area (Å²) in [5, 5.41) is 11.5. The van der Waals surface area contributed by atoms with Crippen LogP contribution in [0.1, 0.15) is 34.8 Å². The van der Waals surface area contributed by atoms with Crippen LogP contribution < -0.4 is 39.4 Å². The summed E-state index contributed by atoms with van der Waals surface area (Å²) in [6.45, 7) is 3.62. The van der Waals surface area contributed by atoms with Crippen LogP contribution in [0.25, 0.3) is 0 Å². The normalized spacial score (nSPS) is 12.2. The molecular formula is C24H25ClN3NaO4S. The molecule has 3 rings (SSSR count). The summed E-state index contributed by atoms with van der Waals surface area (Å²) in [5.74, 6) is -1.21. The quantitative estimate of drug-likeness (QED) is 0.361. The number of carbonyl (C=O) groups is 1. The minimum absolute atomic E-state index is 0. The number of benzene rings is 2. The van der Waals surface area contributed by atoms with Crippen molar-refractivity contribution < 1.29 is 47.9 Å². The molecular weight excluding hydrogens is 485 g/mol. The maximum atomic E-state index is 12.6. The number of nitrogens with zero attached hydrogens (tertiary/aromatic N) is 2. The minimum Gasteiger partial charge on any atom is -0.545 e. The number of hydrogen-bond acceptors (Lipinski definition) is 6. The van der Waals surface area contributed by atoms with Crippen molar-refractivity contribution in [1.82, 2.24) is 14.6 Å². The first-order valence-corrected chi connectivity index (χ1v) is 12.3. The maximum absolute atomic E-state index is 12.6. The smallest absolute Gasteiger partial charge is 0.545 e. The summed E-state index contributed by atoms with van der Waals surface area (Å²) in [4.78, 5) is 17.5. The monoisotopic (exact) mass is 509 g/mol. The van der Waals surface area contributed by atoms with Gasteiger partial charge in [0.25, 0.3) is 0 Å². The van der Waals surface area contributed by atoms with Gasteiger partial charge in [-0.25, -0.2) is 13.1 Å². The van der Waals surface area contributed by atoms with Gasteiger partial charge < -0.3 is 9.90 Å². The summed E-state index contributed by atoms with van der Waals surface area (Å²) in [6.07, 6.45) is 4.07. The molecule has 0 amide bonds. The fourth-order valence-electron chi connectivity index (χ4n) is 3.35. The fraction of sp³-hybridized carbons (Fsp3) is 0.250. The zero-order chi connectivity index (χ0) is 23.8. The first kappa shape index (κ1) is 28.5. The Balaban J connectivity index is 0.00000408. The molecule has 7 nitrogen and oxygen atoms in total. The Bertz CT molecular complexity index is 1160. The number of aromatic nitrogens is 1. The molecule has 0 spiro atoms. The van der Waals surface area contributed by atoms with E-state index in [2.05, 4.69) is 14.6 Å². The van der Waals surface area contributed by atoms with Crippen molar-refractivity contribution in [1.29, 1.82) is 0 Å². The molecule has 0 aliphatic rings. The van der Waals surface area contributed by atoms with E-state index in [0.29, 0.717) is 31.1 Å². The molecule has 1 aromatic heterocycles. The second-order valence-corrected chi connectivity index (χ2v) is 9.97. The second kappa shape index (κ2) is 13.3. The molecule has 34 heavy (non-hydrogen) atoms. The van der Waals surface area contributed by atoms with Crippen molar-refractivity contribution in [2.75, 3.05) is 6.54 Å². The molecule has 1 N–H and O–H groups in total. The fourth-order valence-corrected chi connectivity index (χ4v) is 4.75. The molecule has 0 bridgehead atoms. The Morgan fingerprint density at radius 1 is 1.06 bits per heavy atom. The predicted octanol–water partition coefficient (Wildman–Crippen LogP) is -0.138. The minimum atomic E-state index is -3.65. The number of carbonyl (C=O) groups excluding carboxylic acids is 1. The number of aromatic carboxylic acids is 1. The van der Waals surface area contributed by atoms with Gasteiger partial charge >= 0.3 is 29.6 Å². The number of sulfonamides is 1. The standard InChI is InChI=1S/C24H26ClN3O4S.Na/c1-18(27-33(31,32)23-10-8-22(25)9-11-23)12-14-28(17-20-3-2-13-26-15-20)16-19-4-6-21(7-5-19)24(29)30;/h2-11,13,15,18,27H,12,14,16-17H2,1H3,(H,29,30);/q;+1/p-1. The van der Waals surface area contributed by atoms with Crippen molar-refractivity contribution in [3.05, 3.63) is 94.8 Å². The third kappa shape index (κ3) is 8.78. The molecule has 0 saturated heterocycles. The summed E-state index contributed by atoms with van der Waals surface area (Å²) < 4.78 is 28.0. The van der Waals surface area contributed by atoms with Gasteiger partial charge in [0.2, 0.25) is 10.0 Å². The summed E-state index contributed by atoms with van der Waals surface area (Å²) in [7, 11) is -3.65. The number of carboxylic acids is 1. The largest absolute Gasteiger partial charge is 1.00 e. The predicted molar refractivity (Wildman–Crippen MR) is 125 cm³/mol. The van der Waals surface area contributed by atoms with E-state index in [0.717, 1.165) is 11.1 Å².